The predicted molar refractivity (Wildman–Crippen MR) is 75.9 cm³/mol. The first kappa shape index (κ1) is 11.5. The molecule has 1 nitrogen and oxygen atoms in total. The van der Waals surface area contributed by atoms with E-state index in [1.807, 2.05) is 11.3 Å². The summed E-state index contributed by atoms with van der Waals surface area (Å²) in [4.78, 5) is 2.97. The van der Waals surface area contributed by atoms with Crippen molar-refractivity contribution in [1.29, 1.82) is 0 Å². The first-order chi connectivity index (χ1) is 8.33. The van der Waals surface area contributed by atoms with Gasteiger partial charge < -0.3 is 5.73 Å². The van der Waals surface area contributed by atoms with E-state index in [4.69, 9.17) is 5.73 Å². The van der Waals surface area contributed by atoms with Crippen molar-refractivity contribution in [2.24, 2.45) is 5.73 Å². The minimum atomic E-state index is 0.181. The smallest absolute Gasteiger partial charge is 0.0431 e. The molecule has 0 spiro atoms. The maximum atomic E-state index is 6.31. The SMILES string of the molecule is NC(Cc1ccsc1)c1cc2c(s1)CCCC2. The highest BCUT2D eigenvalue weighted by atomic mass is 32.1. The summed E-state index contributed by atoms with van der Waals surface area (Å²) in [5.74, 6) is 0. The lowest BCUT2D eigenvalue weighted by molar-refractivity contribution is 0.695. The van der Waals surface area contributed by atoms with E-state index in [1.54, 1.807) is 21.8 Å². The van der Waals surface area contributed by atoms with Crippen LogP contribution in [0.3, 0.4) is 0 Å². The highest BCUT2D eigenvalue weighted by Crippen LogP contribution is 2.33. The molecule has 3 heteroatoms. The van der Waals surface area contributed by atoms with Crippen LogP contribution in [0.1, 0.15) is 39.8 Å². The fourth-order valence-corrected chi connectivity index (χ4v) is 4.40. The number of rotatable bonds is 3. The van der Waals surface area contributed by atoms with E-state index in [1.165, 1.54) is 36.1 Å². The number of hydrogen-bond acceptors (Lipinski definition) is 3. The third-order valence-electron chi connectivity index (χ3n) is 3.42. The summed E-state index contributed by atoms with van der Waals surface area (Å²) in [5.41, 5.74) is 9.25. The lowest BCUT2D eigenvalue weighted by Crippen LogP contribution is -2.11. The van der Waals surface area contributed by atoms with Gasteiger partial charge in [0.25, 0.3) is 0 Å². The number of fused-ring (bicyclic) bond motifs is 1. The van der Waals surface area contributed by atoms with Gasteiger partial charge in [0.05, 0.1) is 0 Å². The maximum Gasteiger partial charge on any atom is 0.0431 e. The molecule has 0 fully saturated rings. The van der Waals surface area contributed by atoms with Gasteiger partial charge in [0.15, 0.2) is 0 Å². The Hall–Kier alpha value is -0.640. The topological polar surface area (TPSA) is 26.0 Å². The normalized spacial score (nSPS) is 16.8. The molecule has 0 saturated carbocycles. The van der Waals surface area contributed by atoms with Gasteiger partial charge in [-0.2, -0.15) is 11.3 Å². The molecule has 2 aromatic rings. The fraction of sp³-hybridized carbons (Fsp3) is 0.429. The molecule has 0 amide bonds. The van der Waals surface area contributed by atoms with Gasteiger partial charge in [-0.05, 0) is 66.1 Å². The van der Waals surface area contributed by atoms with Crippen molar-refractivity contribution in [3.05, 3.63) is 43.8 Å². The number of thiophene rings is 2. The first-order valence-electron chi connectivity index (χ1n) is 6.21. The molecule has 0 saturated heterocycles. The van der Waals surface area contributed by atoms with Gasteiger partial charge >= 0.3 is 0 Å². The summed E-state index contributed by atoms with van der Waals surface area (Å²) in [7, 11) is 0. The quantitative estimate of drug-likeness (QED) is 0.892. The molecule has 2 aromatic heterocycles. The van der Waals surface area contributed by atoms with Gasteiger partial charge in [-0.1, -0.05) is 0 Å². The van der Waals surface area contributed by atoms with Crippen LogP contribution in [0.4, 0.5) is 0 Å². The van der Waals surface area contributed by atoms with Crippen LogP contribution in [0.2, 0.25) is 0 Å². The molecule has 1 atom stereocenters. The third kappa shape index (κ3) is 2.46. The lowest BCUT2D eigenvalue weighted by atomic mass is 9.98. The zero-order valence-electron chi connectivity index (χ0n) is 9.82. The Morgan fingerprint density at radius 2 is 2.18 bits per heavy atom. The van der Waals surface area contributed by atoms with Crippen LogP contribution in [-0.2, 0) is 19.3 Å². The van der Waals surface area contributed by atoms with E-state index in [9.17, 15) is 0 Å². The van der Waals surface area contributed by atoms with Crippen LogP contribution in [0.5, 0.6) is 0 Å². The Balaban J connectivity index is 1.77. The molecule has 90 valence electrons. The Morgan fingerprint density at radius 3 is 2.94 bits per heavy atom. The zero-order valence-corrected chi connectivity index (χ0v) is 11.4. The highest BCUT2D eigenvalue weighted by molar-refractivity contribution is 7.12. The van der Waals surface area contributed by atoms with E-state index >= 15 is 0 Å². The fourth-order valence-electron chi connectivity index (χ4n) is 2.46. The average molecular weight is 263 g/mol. The molecule has 2 heterocycles. The second-order valence-corrected chi connectivity index (χ2v) is 6.69. The van der Waals surface area contributed by atoms with Crippen LogP contribution < -0.4 is 5.73 Å². The van der Waals surface area contributed by atoms with Crippen LogP contribution >= 0.6 is 22.7 Å². The Morgan fingerprint density at radius 1 is 1.29 bits per heavy atom. The van der Waals surface area contributed by atoms with Gasteiger partial charge in [-0.25, -0.2) is 0 Å². The molecule has 1 unspecified atom stereocenters. The van der Waals surface area contributed by atoms with Crippen LogP contribution in [-0.4, -0.2) is 0 Å². The predicted octanol–water partition coefficient (Wildman–Crippen LogP) is 3.93. The van der Waals surface area contributed by atoms with Crippen molar-refractivity contribution in [2.45, 2.75) is 38.1 Å². The van der Waals surface area contributed by atoms with E-state index < -0.39 is 0 Å². The van der Waals surface area contributed by atoms with Gasteiger partial charge in [-0.3, -0.25) is 0 Å². The Kier molecular flexibility index (Phi) is 3.32. The van der Waals surface area contributed by atoms with E-state index in [0.717, 1.165) is 6.42 Å². The van der Waals surface area contributed by atoms with Crippen LogP contribution in [0, 0.1) is 0 Å². The van der Waals surface area contributed by atoms with Crippen molar-refractivity contribution in [1.82, 2.24) is 0 Å². The molecule has 17 heavy (non-hydrogen) atoms. The third-order valence-corrected chi connectivity index (χ3v) is 5.52. The zero-order chi connectivity index (χ0) is 11.7. The number of aryl methyl sites for hydroxylation is 2. The Bertz CT molecular complexity index is 461. The van der Waals surface area contributed by atoms with Crippen LogP contribution in [0.15, 0.2) is 22.9 Å². The van der Waals surface area contributed by atoms with Gasteiger partial charge in [0.2, 0.25) is 0 Å². The van der Waals surface area contributed by atoms with E-state index in [-0.39, 0.29) is 6.04 Å². The molecule has 1 aliphatic rings. The highest BCUT2D eigenvalue weighted by Gasteiger charge is 2.17. The molecular weight excluding hydrogens is 246 g/mol. The summed E-state index contributed by atoms with van der Waals surface area (Å²) in [6, 6.07) is 4.72. The molecule has 3 rings (SSSR count). The van der Waals surface area contributed by atoms with Gasteiger partial charge in [0, 0.05) is 15.8 Å². The number of nitrogens with two attached hydrogens (primary N) is 1. The van der Waals surface area contributed by atoms with Crippen molar-refractivity contribution in [3.8, 4) is 0 Å². The standard InChI is InChI=1S/C14H17NS2/c15-12(7-10-5-6-16-9-10)14-8-11-3-1-2-4-13(11)17-14/h5-6,8-9,12H,1-4,7,15H2. The second-order valence-electron chi connectivity index (χ2n) is 4.75. The summed E-state index contributed by atoms with van der Waals surface area (Å²) in [5, 5.41) is 4.33. The summed E-state index contributed by atoms with van der Waals surface area (Å²) >= 11 is 3.70. The summed E-state index contributed by atoms with van der Waals surface area (Å²) in [6.45, 7) is 0. The number of hydrogen-bond donors (Lipinski definition) is 1. The van der Waals surface area contributed by atoms with Crippen molar-refractivity contribution >= 4 is 22.7 Å². The first-order valence-corrected chi connectivity index (χ1v) is 7.97. The molecule has 1 aliphatic carbocycles. The molecule has 2 N–H and O–H groups in total. The maximum absolute atomic E-state index is 6.31. The van der Waals surface area contributed by atoms with Crippen molar-refractivity contribution < 1.29 is 0 Å². The second kappa shape index (κ2) is 4.92. The molecule has 0 radical (unpaired) electrons. The minimum Gasteiger partial charge on any atom is -0.323 e. The molecule has 0 aromatic carbocycles. The molecule has 0 bridgehead atoms. The van der Waals surface area contributed by atoms with E-state index in [0.29, 0.717) is 0 Å². The van der Waals surface area contributed by atoms with Crippen molar-refractivity contribution in [2.75, 3.05) is 0 Å². The summed E-state index contributed by atoms with van der Waals surface area (Å²) < 4.78 is 0. The van der Waals surface area contributed by atoms with Gasteiger partial charge in [-0.15, -0.1) is 11.3 Å². The molecular formula is C14H17NS2. The van der Waals surface area contributed by atoms with Crippen LogP contribution in [0.25, 0.3) is 0 Å². The summed E-state index contributed by atoms with van der Waals surface area (Å²) in [6.07, 6.45) is 6.21. The average Bonchev–Trinajstić information content (AvgIpc) is 2.96. The Labute approximate surface area is 110 Å². The minimum absolute atomic E-state index is 0.181. The monoisotopic (exact) mass is 263 g/mol. The van der Waals surface area contributed by atoms with Gasteiger partial charge in [0.1, 0.15) is 0 Å². The van der Waals surface area contributed by atoms with E-state index in [2.05, 4.69) is 22.9 Å². The molecule has 0 aliphatic heterocycles. The van der Waals surface area contributed by atoms with Crippen molar-refractivity contribution in [3.63, 3.8) is 0 Å². The largest absolute Gasteiger partial charge is 0.323 e. The lowest BCUT2D eigenvalue weighted by Gasteiger charge is -2.08.